The number of hydrogen-bond acceptors (Lipinski definition) is 1. The standard InChI is InChI=1S/C21H25N/c1-22-21-15-9-8-14-20(21)19-13-7-3-6-12-18(19)16-17-10-4-2-5-11-17/h2,4-5,7-11,13-15,18-19,22H,3,6,12,16H2,1H3. The largest absolute Gasteiger partial charge is 0.388 e. The van der Waals surface area contributed by atoms with E-state index < -0.39 is 0 Å². The topological polar surface area (TPSA) is 12.0 Å². The van der Waals surface area contributed by atoms with Crippen LogP contribution < -0.4 is 5.32 Å². The van der Waals surface area contributed by atoms with E-state index in [-0.39, 0.29) is 0 Å². The van der Waals surface area contributed by atoms with E-state index in [0.29, 0.717) is 11.8 Å². The Bertz CT molecular complexity index is 615. The van der Waals surface area contributed by atoms with Gasteiger partial charge in [-0.3, -0.25) is 0 Å². The summed E-state index contributed by atoms with van der Waals surface area (Å²) in [6.45, 7) is 0. The Balaban J connectivity index is 1.90. The van der Waals surface area contributed by atoms with Crippen LogP contribution in [0.5, 0.6) is 0 Å². The molecular weight excluding hydrogens is 266 g/mol. The molecule has 2 atom stereocenters. The molecule has 0 fully saturated rings. The maximum atomic E-state index is 3.36. The van der Waals surface area contributed by atoms with E-state index in [4.69, 9.17) is 0 Å². The molecule has 0 saturated carbocycles. The molecule has 1 aliphatic rings. The van der Waals surface area contributed by atoms with Gasteiger partial charge in [-0.15, -0.1) is 0 Å². The molecule has 0 bridgehead atoms. The van der Waals surface area contributed by atoms with Crippen LogP contribution in [0.1, 0.15) is 36.3 Å². The Kier molecular flexibility index (Phi) is 4.95. The Morgan fingerprint density at radius 3 is 2.59 bits per heavy atom. The van der Waals surface area contributed by atoms with Crippen molar-refractivity contribution in [2.75, 3.05) is 12.4 Å². The van der Waals surface area contributed by atoms with E-state index in [0.717, 1.165) is 6.42 Å². The summed E-state index contributed by atoms with van der Waals surface area (Å²) >= 11 is 0. The molecule has 2 unspecified atom stereocenters. The molecule has 1 N–H and O–H groups in total. The van der Waals surface area contributed by atoms with Crippen LogP contribution >= 0.6 is 0 Å². The van der Waals surface area contributed by atoms with Crippen LogP contribution in [-0.4, -0.2) is 7.05 Å². The van der Waals surface area contributed by atoms with Crippen LogP contribution in [0, 0.1) is 5.92 Å². The fourth-order valence-electron chi connectivity index (χ4n) is 3.60. The van der Waals surface area contributed by atoms with Crippen molar-refractivity contribution >= 4 is 5.69 Å². The van der Waals surface area contributed by atoms with Gasteiger partial charge in [0.05, 0.1) is 0 Å². The molecule has 114 valence electrons. The highest BCUT2D eigenvalue weighted by Crippen LogP contribution is 2.38. The van der Waals surface area contributed by atoms with Gasteiger partial charge in [0, 0.05) is 18.7 Å². The molecule has 1 aliphatic carbocycles. The van der Waals surface area contributed by atoms with Crippen molar-refractivity contribution < 1.29 is 0 Å². The molecule has 2 aromatic carbocycles. The minimum Gasteiger partial charge on any atom is -0.388 e. The van der Waals surface area contributed by atoms with Gasteiger partial charge in [0.15, 0.2) is 0 Å². The average molecular weight is 291 g/mol. The average Bonchev–Trinajstić information content (AvgIpc) is 2.81. The van der Waals surface area contributed by atoms with Gasteiger partial charge in [-0.2, -0.15) is 0 Å². The minimum absolute atomic E-state index is 0.506. The fraction of sp³-hybridized carbons (Fsp3) is 0.333. The molecule has 1 nitrogen and oxygen atoms in total. The Morgan fingerprint density at radius 2 is 1.77 bits per heavy atom. The summed E-state index contributed by atoms with van der Waals surface area (Å²) in [6.07, 6.45) is 9.78. The maximum absolute atomic E-state index is 3.36. The third kappa shape index (κ3) is 3.41. The maximum Gasteiger partial charge on any atom is 0.0376 e. The molecule has 2 aromatic rings. The zero-order valence-electron chi connectivity index (χ0n) is 13.3. The third-order valence-corrected chi connectivity index (χ3v) is 4.73. The lowest BCUT2D eigenvalue weighted by Gasteiger charge is -2.26. The number of nitrogens with one attached hydrogen (secondary N) is 1. The van der Waals surface area contributed by atoms with Crippen molar-refractivity contribution in [3.8, 4) is 0 Å². The zero-order valence-corrected chi connectivity index (χ0v) is 13.3. The first-order chi connectivity index (χ1) is 10.9. The molecule has 0 amide bonds. The molecule has 0 radical (unpaired) electrons. The van der Waals surface area contributed by atoms with Crippen molar-refractivity contribution in [1.82, 2.24) is 0 Å². The first-order valence-corrected chi connectivity index (χ1v) is 8.36. The lowest BCUT2D eigenvalue weighted by Crippen LogP contribution is -2.15. The summed E-state index contributed by atoms with van der Waals surface area (Å²) in [5.74, 6) is 1.18. The van der Waals surface area contributed by atoms with Crippen LogP contribution in [0.3, 0.4) is 0 Å². The molecule has 0 aromatic heterocycles. The number of rotatable bonds is 4. The van der Waals surface area contributed by atoms with Crippen LogP contribution in [-0.2, 0) is 6.42 Å². The summed E-state index contributed by atoms with van der Waals surface area (Å²) in [7, 11) is 2.02. The predicted octanol–water partition coefficient (Wildman–Crippen LogP) is 5.41. The van der Waals surface area contributed by atoms with Crippen LogP contribution in [0.15, 0.2) is 66.7 Å². The summed E-state index contributed by atoms with van der Waals surface area (Å²) in [6, 6.07) is 19.7. The summed E-state index contributed by atoms with van der Waals surface area (Å²) < 4.78 is 0. The van der Waals surface area contributed by atoms with E-state index >= 15 is 0 Å². The van der Waals surface area contributed by atoms with Gasteiger partial charge < -0.3 is 5.32 Å². The van der Waals surface area contributed by atoms with Gasteiger partial charge in [-0.1, -0.05) is 60.7 Å². The van der Waals surface area contributed by atoms with Gasteiger partial charge in [-0.25, -0.2) is 0 Å². The lowest BCUT2D eigenvalue weighted by molar-refractivity contribution is 0.437. The van der Waals surface area contributed by atoms with Gasteiger partial charge in [0.1, 0.15) is 0 Å². The van der Waals surface area contributed by atoms with E-state index in [2.05, 4.69) is 72.1 Å². The van der Waals surface area contributed by atoms with E-state index in [1.54, 1.807) is 0 Å². The van der Waals surface area contributed by atoms with Crippen LogP contribution in [0.4, 0.5) is 5.69 Å². The molecular formula is C21H25N. The van der Waals surface area contributed by atoms with Crippen molar-refractivity contribution in [3.05, 3.63) is 77.9 Å². The second-order valence-corrected chi connectivity index (χ2v) is 6.17. The smallest absolute Gasteiger partial charge is 0.0376 e. The summed E-state index contributed by atoms with van der Waals surface area (Å²) in [4.78, 5) is 0. The molecule has 0 heterocycles. The number of hydrogen-bond donors (Lipinski definition) is 1. The first kappa shape index (κ1) is 14.9. The monoisotopic (exact) mass is 291 g/mol. The van der Waals surface area contributed by atoms with Gasteiger partial charge in [0.25, 0.3) is 0 Å². The molecule has 1 heteroatoms. The molecule has 0 aliphatic heterocycles. The number of allylic oxidation sites excluding steroid dienone is 2. The Labute approximate surface area is 134 Å². The number of para-hydroxylation sites is 1. The number of benzene rings is 2. The van der Waals surface area contributed by atoms with E-state index in [1.165, 1.54) is 36.1 Å². The van der Waals surface area contributed by atoms with Gasteiger partial charge in [-0.05, 0) is 48.8 Å². The normalized spacial score (nSPS) is 21.3. The van der Waals surface area contributed by atoms with Crippen molar-refractivity contribution in [1.29, 1.82) is 0 Å². The molecule has 0 saturated heterocycles. The zero-order chi connectivity index (χ0) is 15.2. The van der Waals surface area contributed by atoms with Crippen molar-refractivity contribution in [2.24, 2.45) is 5.92 Å². The highest BCUT2D eigenvalue weighted by Gasteiger charge is 2.24. The Hall–Kier alpha value is -2.02. The highest BCUT2D eigenvalue weighted by atomic mass is 14.8. The van der Waals surface area contributed by atoms with Crippen LogP contribution in [0.2, 0.25) is 0 Å². The lowest BCUT2D eigenvalue weighted by atomic mass is 9.80. The second-order valence-electron chi connectivity index (χ2n) is 6.17. The Morgan fingerprint density at radius 1 is 1.00 bits per heavy atom. The van der Waals surface area contributed by atoms with Crippen LogP contribution in [0.25, 0.3) is 0 Å². The molecule has 22 heavy (non-hydrogen) atoms. The SMILES string of the molecule is CNc1ccccc1C1C=CCCCC1Cc1ccccc1. The first-order valence-electron chi connectivity index (χ1n) is 8.36. The van der Waals surface area contributed by atoms with E-state index in [1.807, 2.05) is 7.05 Å². The molecule has 0 spiro atoms. The van der Waals surface area contributed by atoms with Gasteiger partial charge >= 0.3 is 0 Å². The van der Waals surface area contributed by atoms with E-state index in [9.17, 15) is 0 Å². The fourth-order valence-corrected chi connectivity index (χ4v) is 3.60. The molecule has 3 rings (SSSR count). The summed E-state index contributed by atoms with van der Waals surface area (Å²) in [5, 5.41) is 3.36. The minimum atomic E-state index is 0.506. The summed E-state index contributed by atoms with van der Waals surface area (Å²) in [5.41, 5.74) is 4.15. The van der Waals surface area contributed by atoms with Crippen molar-refractivity contribution in [3.63, 3.8) is 0 Å². The predicted molar refractivity (Wildman–Crippen MR) is 95.4 cm³/mol. The highest BCUT2D eigenvalue weighted by molar-refractivity contribution is 5.53. The number of anilines is 1. The second kappa shape index (κ2) is 7.31. The third-order valence-electron chi connectivity index (χ3n) is 4.73. The van der Waals surface area contributed by atoms with Gasteiger partial charge in [0.2, 0.25) is 0 Å². The quantitative estimate of drug-likeness (QED) is 0.743. The van der Waals surface area contributed by atoms with Crippen molar-refractivity contribution in [2.45, 2.75) is 31.6 Å².